The molecule has 0 spiro atoms. The summed E-state index contributed by atoms with van der Waals surface area (Å²) in [5.74, 6) is 2.90. The summed E-state index contributed by atoms with van der Waals surface area (Å²) in [6.07, 6.45) is 0. The number of sulfonamides is 1. The number of nitrogens with zero attached hydrogens (tertiary/aromatic N) is 4. The van der Waals surface area contributed by atoms with Crippen molar-refractivity contribution in [3.8, 4) is 34.3 Å². The normalized spacial score (nSPS) is 14.4. The number of aromatic nitrogens is 2. The number of anilines is 1. The maximum absolute atomic E-state index is 13.1. The van der Waals surface area contributed by atoms with Crippen LogP contribution in [0.5, 0.6) is 23.0 Å². The fourth-order valence-electron chi connectivity index (χ4n) is 4.06. The summed E-state index contributed by atoms with van der Waals surface area (Å²) in [6.45, 7) is 4.14. The van der Waals surface area contributed by atoms with Crippen LogP contribution >= 0.6 is 0 Å². The molecule has 0 unspecified atom stereocenters. The molecule has 1 saturated heterocycles. The second-order valence-electron chi connectivity index (χ2n) is 7.99. The summed E-state index contributed by atoms with van der Waals surface area (Å²) < 4.78 is 49.3. The number of methoxy groups -OCH3 is 3. The quantitative estimate of drug-likeness (QED) is 0.426. The highest BCUT2D eigenvalue weighted by molar-refractivity contribution is 7.89. The monoisotopic (exact) mass is 514 g/mol. The van der Waals surface area contributed by atoms with Crippen molar-refractivity contribution in [2.24, 2.45) is 0 Å². The summed E-state index contributed by atoms with van der Waals surface area (Å²) >= 11 is 0. The van der Waals surface area contributed by atoms with Crippen molar-refractivity contribution in [1.82, 2.24) is 14.5 Å². The van der Waals surface area contributed by atoms with Gasteiger partial charge in [-0.3, -0.25) is 0 Å². The number of hydrogen-bond acceptors (Lipinski definition) is 9. The van der Waals surface area contributed by atoms with E-state index in [9.17, 15) is 8.42 Å². The molecule has 192 valence electrons. The first kappa shape index (κ1) is 25.5. The first-order valence-electron chi connectivity index (χ1n) is 11.5. The Kier molecular flexibility index (Phi) is 7.80. The zero-order chi connectivity index (χ0) is 25.7. The molecule has 1 aliphatic heterocycles. The van der Waals surface area contributed by atoms with Crippen molar-refractivity contribution in [2.75, 3.05) is 59.0 Å². The third-order valence-electron chi connectivity index (χ3n) is 5.95. The Morgan fingerprint density at radius 1 is 0.833 bits per heavy atom. The van der Waals surface area contributed by atoms with Gasteiger partial charge in [0.2, 0.25) is 15.8 Å². The van der Waals surface area contributed by atoms with Gasteiger partial charge in [-0.15, -0.1) is 10.2 Å². The van der Waals surface area contributed by atoms with Crippen LogP contribution in [0.15, 0.2) is 53.4 Å². The first-order chi connectivity index (χ1) is 17.4. The van der Waals surface area contributed by atoms with Gasteiger partial charge in [-0.1, -0.05) is 0 Å². The number of piperazine rings is 1. The molecule has 10 nitrogen and oxygen atoms in total. The molecule has 0 amide bonds. The molecule has 2 aromatic carbocycles. The average molecular weight is 515 g/mol. The van der Waals surface area contributed by atoms with Crippen LogP contribution in [-0.2, 0) is 10.0 Å². The molecule has 4 rings (SSSR count). The second kappa shape index (κ2) is 11.0. The Hall–Kier alpha value is -3.57. The van der Waals surface area contributed by atoms with Crippen LogP contribution in [0.2, 0.25) is 0 Å². The van der Waals surface area contributed by atoms with Crippen LogP contribution in [0.4, 0.5) is 5.82 Å². The maximum atomic E-state index is 13.1. The van der Waals surface area contributed by atoms with Crippen LogP contribution < -0.4 is 23.8 Å². The first-order valence-corrected chi connectivity index (χ1v) is 13.0. The van der Waals surface area contributed by atoms with E-state index in [1.807, 2.05) is 36.1 Å². The Balaban J connectivity index is 1.44. The lowest BCUT2D eigenvalue weighted by molar-refractivity contribution is 0.324. The molecule has 0 atom stereocenters. The molecule has 1 fully saturated rings. The molecular weight excluding hydrogens is 484 g/mol. The molecule has 1 aliphatic rings. The third-order valence-corrected chi connectivity index (χ3v) is 7.86. The van der Waals surface area contributed by atoms with Gasteiger partial charge in [0.15, 0.2) is 17.3 Å². The smallest absolute Gasteiger partial charge is 0.243 e. The van der Waals surface area contributed by atoms with Gasteiger partial charge >= 0.3 is 0 Å². The molecule has 0 N–H and O–H groups in total. The molecule has 0 saturated carbocycles. The molecule has 0 bridgehead atoms. The highest BCUT2D eigenvalue weighted by Gasteiger charge is 2.29. The number of rotatable bonds is 9. The molecule has 3 aromatic rings. The topological polar surface area (TPSA) is 103 Å². The Labute approximate surface area is 211 Å². The standard InChI is InChI=1S/C25H30N4O6S/c1-5-35-19-6-8-20(9-7-19)36(30,31)29-14-12-28(13-15-29)24-11-10-21(26-27-24)18-16-22(32-2)25(34-4)23(17-18)33-3/h6-11,16-17H,5,12-15H2,1-4H3. The van der Waals surface area contributed by atoms with Crippen molar-refractivity contribution in [3.05, 3.63) is 48.5 Å². The minimum atomic E-state index is -3.58. The summed E-state index contributed by atoms with van der Waals surface area (Å²) in [4.78, 5) is 2.28. The van der Waals surface area contributed by atoms with E-state index >= 15 is 0 Å². The van der Waals surface area contributed by atoms with Gasteiger partial charge in [-0.25, -0.2) is 8.42 Å². The van der Waals surface area contributed by atoms with E-state index in [0.29, 0.717) is 67.3 Å². The molecule has 36 heavy (non-hydrogen) atoms. The zero-order valence-corrected chi connectivity index (χ0v) is 21.6. The van der Waals surface area contributed by atoms with Crippen molar-refractivity contribution in [2.45, 2.75) is 11.8 Å². The van der Waals surface area contributed by atoms with E-state index in [2.05, 4.69) is 10.2 Å². The summed E-state index contributed by atoms with van der Waals surface area (Å²) in [6, 6.07) is 13.9. The van der Waals surface area contributed by atoms with E-state index in [1.54, 1.807) is 45.6 Å². The number of benzene rings is 2. The third kappa shape index (κ3) is 5.17. The minimum Gasteiger partial charge on any atom is -0.494 e. The van der Waals surface area contributed by atoms with Gasteiger partial charge in [0.05, 0.1) is 38.5 Å². The second-order valence-corrected chi connectivity index (χ2v) is 9.92. The van der Waals surface area contributed by atoms with E-state index < -0.39 is 10.0 Å². The Bertz CT molecular complexity index is 1250. The highest BCUT2D eigenvalue weighted by Crippen LogP contribution is 2.40. The minimum absolute atomic E-state index is 0.258. The van der Waals surface area contributed by atoms with Gasteiger partial charge in [0.25, 0.3) is 0 Å². The Morgan fingerprint density at radius 2 is 1.47 bits per heavy atom. The molecule has 2 heterocycles. The Morgan fingerprint density at radius 3 is 1.97 bits per heavy atom. The fraction of sp³-hybridized carbons (Fsp3) is 0.360. The number of ether oxygens (including phenoxy) is 4. The fourth-order valence-corrected chi connectivity index (χ4v) is 5.48. The predicted molar refractivity (Wildman–Crippen MR) is 136 cm³/mol. The van der Waals surface area contributed by atoms with Crippen molar-refractivity contribution < 1.29 is 27.4 Å². The van der Waals surface area contributed by atoms with Crippen molar-refractivity contribution in [1.29, 1.82) is 0 Å². The maximum Gasteiger partial charge on any atom is 0.243 e. The van der Waals surface area contributed by atoms with Crippen molar-refractivity contribution in [3.63, 3.8) is 0 Å². The molecule has 1 aromatic heterocycles. The summed E-state index contributed by atoms with van der Waals surface area (Å²) in [7, 11) is 1.10. The van der Waals surface area contributed by atoms with Gasteiger partial charge in [0.1, 0.15) is 5.75 Å². The van der Waals surface area contributed by atoms with E-state index in [1.165, 1.54) is 4.31 Å². The lowest BCUT2D eigenvalue weighted by atomic mass is 10.1. The largest absolute Gasteiger partial charge is 0.494 e. The summed E-state index contributed by atoms with van der Waals surface area (Å²) in [5, 5.41) is 8.77. The van der Waals surface area contributed by atoms with Gasteiger partial charge in [0, 0.05) is 31.7 Å². The van der Waals surface area contributed by atoms with Crippen LogP contribution in [0.1, 0.15) is 6.92 Å². The molecule has 0 radical (unpaired) electrons. The van der Waals surface area contributed by atoms with Gasteiger partial charge in [-0.05, 0) is 55.5 Å². The summed E-state index contributed by atoms with van der Waals surface area (Å²) in [5.41, 5.74) is 1.42. The predicted octanol–water partition coefficient (Wildman–Crippen LogP) is 3.08. The van der Waals surface area contributed by atoms with Gasteiger partial charge < -0.3 is 23.8 Å². The lowest BCUT2D eigenvalue weighted by Gasteiger charge is -2.34. The van der Waals surface area contributed by atoms with Crippen LogP contribution in [0, 0.1) is 0 Å². The SMILES string of the molecule is CCOc1ccc(S(=O)(=O)N2CCN(c3ccc(-c4cc(OC)c(OC)c(OC)c4)nn3)CC2)cc1. The van der Waals surface area contributed by atoms with Crippen LogP contribution in [-0.4, -0.2) is 77.0 Å². The van der Waals surface area contributed by atoms with Crippen LogP contribution in [0.25, 0.3) is 11.3 Å². The zero-order valence-electron chi connectivity index (χ0n) is 20.8. The molecular formula is C25H30N4O6S. The van der Waals surface area contributed by atoms with E-state index in [0.717, 1.165) is 5.56 Å². The van der Waals surface area contributed by atoms with Crippen molar-refractivity contribution >= 4 is 15.8 Å². The molecule has 0 aliphatic carbocycles. The number of hydrogen-bond donors (Lipinski definition) is 0. The van der Waals surface area contributed by atoms with Gasteiger partial charge in [-0.2, -0.15) is 4.31 Å². The molecule has 11 heteroatoms. The van der Waals surface area contributed by atoms with Crippen LogP contribution in [0.3, 0.4) is 0 Å². The van der Waals surface area contributed by atoms with E-state index in [4.69, 9.17) is 18.9 Å². The lowest BCUT2D eigenvalue weighted by Crippen LogP contribution is -2.48. The van der Waals surface area contributed by atoms with E-state index in [-0.39, 0.29) is 4.90 Å². The average Bonchev–Trinajstić information content (AvgIpc) is 2.93. The highest BCUT2D eigenvalue weighted by atomic mass is 32.2.